The highest BCUT2D eigenvalue weighted by Crippen LogP contribution is 2.26. The van der Waals surface area contributed by atoms with E-state index >= 15 is 0 Å². The van der Waals surface area contributed by atoms with Crippen molar-refractivity contribution in [1.82, 2.24) is 4.98 Å². The van der Waals surface area contributed by atoms with E-state index in [1.807, 2.05) is 0 Å². The second-order valence-corrected chi connectivity index (χ2v) is 4.58. The average molecular weight is 330 g/mol. The molecule has 19 heavy (non-hydrogen) atoms. The van der Waals surface area contributed by atoms with Crippen LogP contribution in [0.5, 0.6) is 11.6 Å². The third-order valence-corrected chi connectivity index (χ3v) is 2.84. The van der Waals surface area contributed by atoms with E-state index < -0.39 is 11.6 Å². The molecule has 0 aliphatic rings. The molecule has 0 saturated carbocycles. The first-order valence-corrected chi connectivity index (χ1v) is 6.16. The molecule has 2 rings (SSSR count). The number of halogens is 3. The number of hydrogen-bond acceptors (Lipinski definition) is 3. The van der Waals surface area contributed by atoms with Gasteiger partial charge >= 0.3 is 0 Å². The topological polar surface area (TPSA) is 31.4 Å². The van der Waals surface area contributed by atoms with Gasteiger partial charge in [-0.1, -0.05) is 15.9 Å². The fraction of sp³-hybridized carbons (Fsp3) is 0.154. The fourth-order valence-electron chi connectivity index (χ4n) is 1.51. The molecular formula is C13H10BrF2NO2. The monoisotopic (exact) mass is 329 g/mol. The van der Waals surface area contributed by atoms with Crippen molar-refractivity contribution in [3.63, 3.8) is 0 Å². The van der Waals surface area contributed by atoms with E-state index in [0.29, 0.717) is 15.9 Å². The highest BCUT2D eigenvalue weighted by molar-refractivity contribution is 9.10. The second-order valence-electron chi connectivity index (χ2n) is 3.66. The summed E-state index contributed by atoms with van der Waals surface area (Å²) in [4.78, 5) is 3.99. The molecule has 0 bridgehead atoms. The van der Waals surface area contributed by atoms with Gasteiger partial charge in [0, 0.05) is 10.7 Å². The van der Waals surface area contributed by atoms with Crippen molar-refractivity contribution in [3.05, 3.63) is 52.1 Å². The summed E-state index contributed by atoms with van der Waals surface area (Å²) in [5.41, 5.74) is 0.643. The van der Waals surface area contributed by atoms with Gasteiger partial charge in [-0.3, -0.25) is 0 Å². The molecule has 0 radical (unpaired) electrons. The lowest BCUT2D eigenvalue weighted by atomic mass is 10.3. The van der Waals surface area contributed by atoms with Crippen LogP contribution in [0.25, 0.3) is 0 Å². The summed E-state index contributed by atoms with van der Waals surface area (Å²) < 4.78 is 37.4. The maximum Gasteiger partial charge on any atom is 0.219 e. The van der Waals surface area contributed by atoms with Crippen molar-refractivity contribution < 1.29 is 18.3 Å². The van der Waals surface area contributed by atoms with Crippen molar-refractivity contribution >= 4 is 15.9 Å². The average Bonchev–Trinajstić information content (AvgIpc) is 2.41. The van der Waals surface area contributed by atoms with Gasteiger partial charge in [-0.05, 0) is 24.3 Å². The minimum atomic E-state index is -1.02. The van der Waals surface area contributed by atoms with Crippen LogP contribution in [0.2, 0.25) is 0 Å². The Morgan fingerprint density at radius 2 is 2.11 bits per heavy atom. The first-order valence-electron chi connectivity index (χ1n) is 5.37. The van der Waals surface area contributed by atoms with Gasteiger partial charge in [0.25, 0.3) is 0 Å². The Morgan fingerprint density at radius 3 is 2.84 bits per heavy atom. The first kappa shape index (κ1) is 13.7. The van der Waals surface area contributed by atoms with E-state index in [4.69, 9.17) is 9.47 Å². The molecule has 0 spiro atoms. The van der Waals surface area contributed by atoms with E-state index in [0.717, 1.165) is 6.07 Å². The standard InChI is InChI=1S/C13H10BrF2NO2/c1-18-13-8(3-2-4-17-13)7-19-11-6-9(14)5-10(15)12(11)16/h2-6H,7H2,1H3. The SMILES string of the molecule is COc1ncccc1COc1cc(Br)cc(F)c1F. The molecule has 1 aromatic heterocycles. The van der Waals surface area contributed by atoms with Crippen molar-refractivity contribution in [1.29, 1.82) is 0 Å². The Kier molecular flexibility index (Phi) is 4.31. The fourth-order valence-corrected chi connectivity index (χ4v) is 1.92. The number of benzene rings is 1. The zero-order valence-corrected chi connectivity index (χ0v) is 11.6. The number of nitrogens with zero attached hydrogens (tertiary/aromatic N) is 1. The molecule has 100 valence electrons. The Hall–Kier alpha value is -1.69. The number of pyridine rings is 1. The van der Waals surface area contributed by atoms with Gasteiger partial charge in [0.2, 0.25) is 11.7 Å². The molecule has 1 heterocycles. The molecular weight excluding hydrogens is 320 g/mol. The van der Waals surface area contributed by atoms with Crippen LogP contribution >= 0.6 is 15.9 Å². The third kappa shape index (κ3) is 3.20. The van der Waals surface area contributed by atoms with E-state index in [2.05, 4.69) is 20.9 Å². The number of methoxy groups -OCH3 is 1. The second kappa shape index (κ2) is 5.97. The Bertz CT molecular complexity index is 593. The lowest BCUT2D eigenvalue weighted by Crippen LogP contribution is -2.02. The van der Waals surface area contributed by atoms with Gasteiger partial charge in [0.05, 0.1) is 12.7 Å². The van der Waals surface area contributed by atoms with Crippen molar-refractivity contribution in [2.45, 2.75) is 6.61 Å². The zero-order valence-electron chi connectivity index (χ0n) is 9.99. The predicted molar refractivity (Wildman–Crippen MR) is 69.2 cm³/mol. The summed E-state index contributed by atoms with van der Waals surface area (Å²) in [6.45, 7) is 0.0316. The molecule has 0 unspecified atom stereocenters. The molecule has 0 aliphatic heterocycles. The minimum Gasteiger partial charge on any atom is -0.485 e. The molecule has 0 atom stereocenters. The molecule has 0 aliphatic carbocycles. The summed E-state index contributed by atoms with van der Waals surface area (Å²) >= 11 is 3.08. The van der Waals surface area contributed by atoms with Crippen LogP contribution < -0.4 is 9.47 Å². The van der Waals surface area contributed by atoms with Crippen LogP contribution in [0.3, 0.4) is 0 Å². The summed E-state index contributed by atoms with van der Waals surface area (Å²) in [6, 6.07) is 5.84. The summed E-state index contributed by atoms with van der Waals surface area (Å²) in [7, 11) is 1.48. The summed E-state index contributed by atoms with van der Waals surface area (Å²) in [5, 5.41) is 0. The van der Waals surface area contributed by atoms with E-state index in [9.17, 15) is 8.78 Å². The maximum atomic E-state index is 13.5. The van der Waals surface area contributed by atoms with Crippen molar-refractivity contribution in [2.75, 3.05) is 7.11 Å². The van der Waals surface area contributed by atoms with Crippen molar-refractivity contribution in [2.24, 2.45) is 0 Å². The van der Waals surface area contributed by atoms with E-state index in [1.54, 1.807) is 18.3 Å². The molecule has 2 aromatic rings. The number of ether oxygens (including phenoxy) is 2. The summed E-state index contributed by atoms with van der Waals surface area (Å²) in [6.07, 6.45) is 1.57. The van der Waals surface area contributed by atoms with Gasteiger partial charge < -0.3 is 9.47 Å². The lowest BCUT2D eigenvalue weighted by molar-refractivity contribution is 0.275. The Morgan fingerprint density at radius 1 is 1.32 bits per heavy atom. The summed E-state index contributed by atoms with van der Waals surface area (Å²) in [5.74, 6) is -1.77. The lowest BCUT2D eigenvalue weighted by Gasteiger charge is -2.10. The molecule has 0 fully saturated rings. The van der Waals surface area contributed by atoms with Gasteiger partial charge in [-0.15, -0.1) is 0 Å². The van der Waals surface area contributed by atoms with Crippen LogP contribution in [0.4, 0.5) is 8.78 Å². The Balaban J connectivity index is 2.19. The highest BCUT2D eigenvalue weighted by Gasteiger charge is 2.12. The normalized spacial score (nSPS) is 10.3. The molecule has 6 heteroatoms. The van der Waals surface area contributed by atoms with E-state index in [-0.39, 0.29) is 12.4 Å². The van der Waals surface area contributed by atoms with Crippen molar-refractivity contribution in [3.8, 4) is 11.6 Å². The van der Waals surface area contributed by atoms with Gasteiger partial charge in [-0.25, -0.2) is 9.37 Å². The molecule has 3 nitrogen and oxygen atoms in total. The molecule has 1 aromatic carbocycles. The molecule has 0 saturated heterocycles. The maximum absolute atomic E-state index is 13.5. The molecule has 0 amide bonds. The number of rotatable bonds is 4. The number of hydrogen-bond donors (Lipinski definition) is 0. The van der Waals surface area contributed by atoms with Crippen LogP contribution in [0.1, 0.15) is 5.56 Å². The van der Waals surface area contributed by atoms with E-state index in [1.165, 1.54) is 13.2 Å². The first-order chi connectivity index (χ1) is 9.11. The number of aromatic nitrogens is 1. The van der Waals surface area contributed by atoms with Crippen LogP contribution in [-0.2, 0) is 6.61 Å². The van der Waals surface area contributed by atoms with Crippen LogP contribution in [0.15, 0.2) is 34.9 Å². The Labute approximate surface area is 117 Å². The smallest absolute Gasteiger partial charge is 0.219 e. The predicted octanol–water partition coefficient (Wildman–Crippen LogP) is 3.71. The van der Waals surface area contributed by atoms with Gasteiger partial charge in [0.15, 0.2) is 11.6 Å². The quantitative estimate of drug-likeness (QED) is 0.801. The minimum absolute atomic E-state index is 0.0316. The zero-order chi connectivity index (χ0) is 13.8. The molecule has 0 N–H and O–H groups in total. The highest BCUT2D eigenvalue weighted by atomic mass is 79.9. The largest absolute Gasteiger partial charge is 0.485 e. The van der Waals surface area contributed by atoms with Gasteiger partial charge in [-0.2, -0.15) is 4.39 Å². The van der Waals surface area contributed by atoms with Gasteiger partial charge in [0.1, 0.15) is 6.61 Å². The van der Waals surface area contributed by atoms with Crippen LogP contribution in [0, 0.1) is 11.6 Å². The third-order valence-electron chi connectivity index (χ3n) is 2.39. The van der Waals surface area contributed by atoms with Crippen LogP contribution in [-0.4, -0.2) is 12.1 Å².